The lowest BCUT2D eigenvalue weighted by Crippen LogP contribution is -2.05. The third kappa shape index (κ3) is 1.60. The van der Waals surface area contributed by atoms with Gasteiger partial charge in [0.2, 0.25) is 5.88 Å². The van der Waals surface area contributed by atoms with Gasteiger partial charge in [-0.05, 0) is 5.92 Å². The van der Waals surface area contributed by atoms with Crippen LogP contribution in [0, 0.1) is 0 Å². The summed E-state index contributed by atoms with van der Waals surface area (Å²) in [6, 6.07) is 1.45. The second-order valence-electron chi connectivity index (χ2n) is 3.89. The number of nitrogens with zero attached hydrogens (tertiary/aromatic N) is 1. The molecule has 5 nitrogen and oxygen atoms in total. The van der Waals surface area contributed by atoms with E-state index in [-0.39, 0.29) is 17.2 Å². The number of nitrogens with two attached hydrogens (primary N) is 1. The van der Waals surface area contributed by atoms with Crippen molar-refractivity contribution < 1.29 is 4.52 Å². The predicted molar refractivity (Wildman–Crippen MR) is 61.1 cm³/mol. The van der Waals surface area contributed by atoms with E-state index in [1.165, 1.54) is 6.07 Å². The Morgan fingerprint density at radius 2 is 2.25 bits per heavy atom. The van der Waals surface area contributed by atoms with E-state index in [1.807, 2.05) is 13.8 Å². The Hall–Kier alpha value is -2.04. The monoisotopic (exact) mass is 219 g/mol. The highest BCUT2D eigenvalue weighted by molar-refractivity contribution is 5.66. The fraction of sp³-hybridized carbons (Fsp3) is 0.273. The van der Waals surface area contributed by atoms with E-state index in [4.69, 9.17) is 10.3 Å². The van der Waals surface area contributed by atoms with E-state index in [9.17, 15) is 4.79 Å². The van der Waals surface area contributed by atoms with Crippen molar-refractivity contribution in [3.8, 4) is 11.3 Å². The van der Waals surface area contributed by atoms with Gasteiger partial charge in [0.15, 0.2) is 5.43 Å². The number of rotatable bonds is 2. The number of pyridine rings is 1. The van der Waals surface area contributed by atoms with Gasteiger partial charge in [0.05, 0.1) is 5.56 Å². The van der Waals surface area contributed by atoms with Crippen molar-refractivity contribution in [1.29, 1.82) is 0 Å². The number of H-pyrrole nitrogens is 1. The third-order valence-corrected chi connectivity index (χ3v) is 2.41. The zero-order chi connectivity index (χ0) is 11.7. The maximum absolute atomic E-state index is 11.7. The molecule has 0 fully saturated rings. The number of hydrogen-bond donors (Lipinski definition) is 2. The summed E-state index contributed by atoms with van der Waals surface area (Å²) in [5.41, 5.74) is 7.36. The van der Waals surface area contributed by atoms with E-state index < -0.39 is 0 Å². The zero-order valence-corrected chi connectivity index (χ0v) is 9.15. The third-order valence-electron chi connectivity index (χ3n) is 2.41. The summed E-state index contributed by atoms with van der Waals surface area (Å²) >= 11 is 0. The van der Waals surface area contributed by atoms with Gasteiger partial charge in [0.25, 0.3) is 0 Å². The molecule has 0 radical (unpaired) electrons. The van der Waals surface area contributed by atoms with Crippen molar-refractivity contribution in [3.05, 3.63) is 34.2 Å². The van der Waals surface area contributed by atoms with Gasteiger partial charge >= 0.3 is 0 Å². The van der Waals surface area contributed by atoms with Crippen molar-refractivity contribution in [2.24, 2.45) is 0 Å². The van der Waals surface area contributed by atoms with Crippen molar-refractivity contribution >= 4 is 5.88 Å². The number of nitrogen functional groups attached to an aromatic ring is 1. The molecule has 0 amide bonds. The first kappa shape index (κ1) is 10.5. The van der Waals surface area contributed by atoms with Crippen molar-refractivity contribution in [1.82, 2.24) is 10.1 Å². The van der Waals surface area contributed by atoms with Crippen LogP contribution in [0.5, 0.6) is 0 Å². The standard InChI is InChI=1S/C11H13N3O2/c1-6(2)9-10(14-16-11(9)12)7-5-13-4-3-8(7)15/h3-6H,12H2,1-2H3,(H,13,15). The van der Waals surface area contributed by atoms with E-state index in [2.05, 4.69) is 10.1 Å². The lowest BCUT2D eigenvalue weighted by Gasteiger charge is -2.04. The SMILES string of the molecule is CC(C)c1c(-c2c[nH]ccc2=O)noc1N. The molecule has 16 heavy (non-hydrogen) atoms. The fourth-order valence-electron chi connectivity index (χ4n) is 1.66. The van der Waals surface area contributed by atoms with Crippen molar-refractivity contribution in [3.63, 3.8) is 0 Å². The number of nitrogens with one attached hydrogen (secondary N) is 1. The van der Waals surface area contributed by atoms with Crippen molar-refractivity contribution in [2.75, 3.05) is 5.73 Å². The Kier molecular flexibility index (Phi) is 2.52. The molecule has 0 unspecified atom stereocenters. The summed E-state index contributed by atoms with van der Waals surface area (Å²) in [6.07, 6.45) is 3.18. The molecule has 0 bridgehead atoms. The lowest BCUT2D eigenvalue weighted by molar-refractivity contribution is 0.438. The Labute approximate surface area is 92.3 Å². The predicted octanol–water partition coefficient (Wildman–Crippen LogP) is 1.74. The minimum atomic E-state index is -0.103. The second kappa shape index (κ2) is 3.84. The average Bonchev–Trinajstić information content (AvgIpc) is 2.61. The zero-order valence-electron chi connectivity index (χ0n) is 9.15. The molecule has 0 saturated heterocycles. The summed E-state index contributed by atoms with van der Waals surface area (Å²) in [4.78, 5) is 14.5. The highest BCUT2D eigenvalue weighted by atomic mass is 16.5. The van der Waals surface area contributed by atoms with Crippen LogP contribution in [0.2, 0.25) is 0 Å². The molecular weight excluding hydrogens is 206 g/mol. The molecular formula is C11H13N3O2. The molecule has 0 aliphatic rings. The first-order valence-electron chi connectivity index (χ1n) is 5.03. The normalized spacial score (nSPS) is 10.9. The molecule has 0 aliphatic carbocycles. The molecule has 2 rings (SSSR count). The molecule has 0 aromatic carbocycles. The highest BCUT2D eigenvalue weighted by Gasteiger charge is 2.19. The summed E-state index contributed by atoms with van der Waals surface area (Å²) in [7, 11) is 0. The first-order valence-corrected chi connectivity index (χ1v) is 5.03. The van der Waals surface area contributed by atoms with Gasteiger partial charge in [0, 0.05) is 24.0 Å². The summed E-state index contributed by atoms with van der Waals surface area (Å²) in [5.74, 6) is 0.425. The van der Waals surface area contributed by atoms with Gasteiger partial charge in [-0.3, -0.25) is 4.79 Å². The molecule has 2 heterocycles. The van der Waals surface area contributed by atoms with Crippen LogP contribution in [0.1, 0.15) is 25.3 Å². The highest BCUT2D eigenvalue weighted by Crippen LogP contribution is 2.30. The Bertz CT molecular complexity index is 554. The molecule has 5 heteroatoms. The summed E-state index contributed by atoms with van der Waals surface area (Å²) < 4.78 is 4.94. The van der Waals surface area contributed by atoms with Crippen LogP contribution in [-0.2, 0) is 0 Å². The molecule has 0 aliphatic heterocycles. The van der Waals surface area contributed by atoms with E-state index in [0.29, 0.717) is 11.3 Å². The quantitative estimate of drug-likeness (QED) is 0.805. The number of aromatic nitrogens is 2. The van der Waals surface area contributed by atoms with Gasteiger partial charge in [-0.15, -0.1) is 0 Å². The molecule has 84 valence electrons. The number of anilines is 1. The van der Waals surface area contributed by atoms with Gasteiger partial charge in [-0.2, -0.15) is 0 Å². The maximum Gasteiger partial charge on any atom is 0.226 e. The van der Waals surface area contributed by atoms with Gasteiger partial charge in [-0.1, -0.05) is 19.0 Å². The maximum atomic E-state index is 11.7. The van der Waals surface area contributed by atoms with Crippen LogP contribution in [0.3, 0.4) is 0 Å². The largest absolute Gasteiger partial charge is 0.367 e. The Morgan fingerprint density at radius 3 is 2.88 bits per heavy atom. The van der Waals surface area contributed by atoms with E-state index in [0.717, 1.165) is 5.56 Å². The van der Waals surface area contributed by atoms with Crippen LogP contribution in [-0.4, -0.2) is 10.1 Å². The topological polar surface area (TPSA) is 84.9 Å². The van der Waals surface area contributed by atoms with Crippen molar-refractivity contribution in [2.45, 2.75) is 19.8 Å². The molecule has 0 saturated carbocycles. The number of hydrogen-bond acceptors (Lipinski definition) is 4. The van der Waals surface area contributed by atoms with Crippen LogP contribution in [0.25, 0.3) is 11.3 Å². The smallest absolute Gasteiger partial charge is 0.226 e. The average molecular weight is 219 g/mol. The van der Waals surface area contributed by atoms with Crippen LogP contribution in [0.15, 0.2) is 27.8 Å². The number of aromatic amines is 1. The molecule has 0 spiro atoms. The minimum Gasteiger partial charge on any atom is -0.367 e. The van der Waals surface area contributed by atoms with Crippen LogP contribution >= 0.6 is 0 Å². The van der Waals surface area contributed by atoms with Gasteiger partial charge < -0.3 is 15.2 Å². The molecule has 2 aromatic heterocycles. The first-order chi connectivity index (χ1) is 7.61. The minimum absolute atomic E-state index is 0.103. The summed E-state index contributed by atoms with van der Waals surface area (Å²) in [6.45, 7) is 3.95. The van der Waals surface area contributed by atoms with Gasteiger partial charge in [-0.25, -0.2) is 0 Å². The van der Waals surface area contributed by atoms with E-state index >= 15 is 0 Å². The van der Waals surface area contributed by atoms with Crippen LogP contribution in [0.4, 0.5) is 5.88 Å². The van der Waals surface area contributed by atoms with Crippen LogP contribution < -0.4 is 11.2 Å². The van der Waals surface area contributed by atoms with Gasteiger partial charge in [0.1, 0.15) is 5.69 Å². The van der Waals surface area contributed by atoms with E-state index in [1.54, 1.807) is 12.4 Å². The molecule has 2 aromatic rings. The Morgan fingerprint density at radius 1 is 1.50 bits per heavy atom. The second-order valence-corrected chi connectivity index (χ2v) is 3.89. The molecule has 3 N–H and O–H groups in total. The molecule has 0 atom stereocenters. The lowest BCUT2D eigenvalue weighted by atomic mass is 9.99. The fourth-order valence-corrected chi connectivity index (χ4v) is 1.66. The Balaban J connectivity index is 2.66. The summed E-state index contributed by atoms with van der Waals surface area (Å²) in [5, 5.41) is 3.85.